The smallest absolute Gasteiger partial charge is 0.315 e. The Morgan fingerprint density at radius 1 is 1.00 bits per heavy atom. The number of halogens is 1. The summed E-state index contributed by atoms with van der Waals surface area (Å²) >= 11 is 5.96. The number of rotatable bonds is 6. The fourth-order valence-electron chi connectivity index (χ4n) is 2.95. The number of carbonyl (C=O) groups is 1. The summed E-state index contributed by atoms with van der Waals surface area (Å²) < 4.78 is 5.40. The van der Waals surface area contributed by atoms with E-state index in [4.69, 9.17) is 16.3 Å². The fraction of sp³-hybridized carbons (Fsp3) is 0.350. The van der Waals surface area contributed by atoms with Crippen molar-refractivity contribution >= 4 is 17.6 Å². The number of morpholine rings is 1. The van der Waals surface area contributed by atoms with Crippen molar-refractivity contribution in [2.24, 2.45) is 0 Å². The van der Waals surface area contributed by atoms with Crippen LogP contribution in [0.4, 0.5) is 4.79 Å². The van der Waals surface area contributed by atoms with Gasteiger partial charge in [-0.3, -0.25) is 4.90 Å². The lowest BCUT2D eigenvalue weighted by molar-refractivity contribution is 0.0341. The van der Waals surface area contributed by atoms with Crippen LogP contribution in [0.1, 0.15) is 16.7 Å². The molecule has 0 aromatic heterocycles. The van der Waals surface area contributed by atoms with E-state index in [1.165, 1.54) is 5.56 Å². The molecule has 5 nitrogen and oxygen atoms in total. The van der Waals surface area contributed by atoms with Crippen LogP contribution in [-0.2, 0) is 24.4 Å². The standard InChI is InChI=1S/C20H24ClN3O2/c21-19-7-3-4-16(12-19)13-22-20(25)23-14-17-5-1-2-6-18(17)15-24-8-10-26-11-9-24/h1-7,12H,8-11,13-15H2,(H2,22,23,25). The number of carbonyl (C=O) groups excluding carboxylic acids is 1. The highest BCUT2D eigenvalue weighted by molar-refractivity contribution is 6.30. The molecule has 26 heavy (non-hydrogen) atoms. The van der Waals surface area contributed by atoms with Gasteiger partial charge in [-0.1, -0.05) is 48.0 Å². The number of amides is 2. The summed E-state index contributed by atoms with van der Waals surface area (Å²) in [4.78, 5) is 14.5. The predicted molar refractivity (Wildman–Crippen MR) is 103 cm³/mol. The molecule has 0 radical (unpaired) electrons. The third-order valence-corrected chi connectivity index (χ3v) is 4.63. The molecule has 1 aliphatic rings. The summed E-state index contributed by atoms with van der Waals surface area (Å²) in [5.41, 5.74) is 3.35. The summed E-state index contributed by atoms with van der Waals surface area (Å²) in [5.74, 6) is 0. The molecule has 2 aromatic rings. The average Bonchev–Trinajstić information content (AvgIpc) is 2.66. The molecule has 0 spiro atoms. The molecule has 1 aliphatic heterocycles. The minimum absolute atomic E-state index is 0.189. The first kappa shape index (κ1) is 18.7. The Hall–Kier alpha value is -2.08. The molecule has 1 saturated heterocycles. The molecule has 6 heteroatoms. The minimum atomic E-state index is -0.189. The molecular weight excluding hydrogens is 350 g/mol. The molecule has 1 heterocycles. The van der Waals surface area contributed by atoms with Gasteiger partial charge in [-0.2, -0.15) is 0 Å². The van der Waals surface area contributed by atoms with E-state index >= 15 is 0 Å². The average molecular weight is 374 g/mol. The SMILES string of the molecule is O=C(NCc1cccc(Cl)c1)NCc1ccccc1CN1CCOCC1. The molecule has 0 atom stereocenters. The zero-order valence-electron chi connectivity index (χ0n) is 14.7. The fourth-order valence-corrected chi connectivity index (χ4v) is 3.16. The third-order valence-electron chi connectivity index (χ3n) is 4.40. The maximum Gasteiger partial charge on any atom is 0.315 e. The van der Waals surface area contributed by atoms with Crippen LogP contribution in [0.5, 0.6) is 0 Å². The highest BCUT2D eigenvalue weighted by Gasteiger charge is 2.13. The van der Waals surface area contributed by atoms with Gasteiger partial charge in [0.2, 0.25) is 0 Å². The van der Waals surface area contributed by atoms with Gasteiger partial charge in [0.1, 0.15) is 0 Å². The second kappa shape index (κ2) is 9.57. The van der Waals surface area contributed by atoms with E-state index in [1.807, 2.05) is 36.4 Å². The Morgan fingerprint density at radius 3 is 2.50 bits per heavy atom. The minimum Gasteiger partial charge on any atom is -0.379 e. The van der Waals surface area contributed by atoms with Gasteiger partial charge in [-0.25, -0.2) is 4.79 Å². The Labute approximate surface area is 159 Å². The molecule has 2 aromatic carbocycles. The van der Waals surface area contributed by atoms with Crippen LogP contribution in [0.3, 0.4) is 0 Å². The molecule has 138 valence electrons. The molecule has 1 fully saturated rings. The van der Waals surface area contributed by atoms with Gasteiger partial charge >= 0.3 is 6.03 Å². The largest absolute Gasteiger partial charge is 0.379 e. The molecule has 2 N–H and O–H groups in total. The van der Waals surface area contributed by atoms with Crippen LogP contribution in [0.25, 0.3) is 0 Å². The number of benzene rings is 2. The summed E-state index contributed by atoms with van der Waals surface area (Å²) in [5, 5.41) is 6.47. The molecule has 0 unspecified atom stereocenters. The molecular formula is C20H24ClN3O2. The number of hydrogen-bond donors (Lipinski definition) is 2. The Morgan fingerprint density at radius 2 is 1.73 bits per heavy atom. The summed E-state index contributed by atoms with van der Waals surface area (Å²) in [6.45, 7) is 5.29. The second-order valence-electron chi connectivity index (χ2n) is 6.32. The molecule has 0 aliphatic carbocycles. The molecule has 3 rings (SSSR count). The van der Waals surface area contributed by atoms with Gasteiger partial charge in [0.05, 0.1) is 13.2 Å². The number of ether oxygens (including phenoxy) is 1. The monoisotopic (exact) mass is 373 g/mol. The second-order valence-corrected chi connectivity index (χ2v) is 6.76. The van der Waals surface area contributed by atoms with E-state index in [9.17, 15) is 4.79 Å². The first-order valence-corrected chi connectivity index (χ1v) is 9.21. The van der Waals surface area contributed by atoms with E-state index in [2.05, 4.69) is 27.7 Å². The van der Waals surface area contributed by atoms with E-state index in [0.717, 1.165) is 44.0 Å². The lowest BCUT2D eigenvalue weighted by Crippen LogP contribution is -2.37. The zero-order valence-corrected chi connectivity index (χ0v) is 15.5. The van der Waals surface area contributed by atoms with Gasteiger partial charge in [0, 0.05) is 37.7 Å². The third kappa shape index (κ3) is 5.73. The van der Waals surface area contributed by atoms with Crippen LogP contribution >= 0.6 is 11.6 Å². The number of nitrogens with zero attached hydrogens (tertiary/aromatic N) is 1. The van der Waals surface area contributed by atoms with Crippen molar-refractivity contribution in [1.82, 2.24) is 15.5 Å². The summed E-state index contributed by atoms with van der Waals surface area (Å²) in [6, 6.07) is 15.5. The first-order chi connectivity index (χ1) is 12.7. The predicted octanol–water partition coefficient (Wildman–Crippen LogP) is 3.17. The van der Waals surface area contributed by atoms with Crippen molar-refractivity contribution in [2.75, 3.05) is 26.3 Å². The Kier molecular flexibility index (Phi) is 6.89. The first-order valence-electron chi connectivity index (χ1n) is 8.84. The maximum absolute atomic E-state index is 12.1. The van der Waals surface area contributed by atoms with Gasteiger partial charge in [-0.05, 0) is 28.8 Å². The van der Waals surface area contributed by atoms with Crippen LogP contribution in [0, 0.1) is 0 Å². The summed E-state index contributed by atoms with van der Waals surface area (Å²) in [7, 11) is 0. The number of nitrogens with one attached hydrogen (secondary N) is 2. The topological polar surface area (TPSA) is 53.6 Å². The van der Waals surface area contributed by atoms with E-state index in [1.54, 1.807) is 0 Å². The highest BCUT2D eigenvalue weighted by Crippen LogP contribution is 2.13. The normalized spacial score (nSPS) is 14.8. The number of urea groups is 1. The van der Waals surface area contributed by atoms with Crippen molar-refractivity contribution in [1.29, 1.82) is 0 Å². The van der Waals surface area contributed by atoms with E-state index < -0.39 is 0 Å². The van der Waals surface area contributed by atoms with Crippen molar-refractivity contribution in [3.05, 3.63) is 70.2 Å². The summed E-state index contributed by atoms with van der Waals surface area (Å²) in [6.07, 6.45) is 0. The quantitative estimate of drug-likeness (QED) is 0.817. The lowest BCUT2D eigenvalue weighted by atomic mass is 10.1. The van der Waals surface area contributed by atoms with Crippen molar-refractivity contribution in [3.63, 3.8) is 0 Å². The molecule has 2 amide bonds. The van der Waals surface area contributed by atoms with Crippen molar-refractivity contribution in [2.45, 2.75) is 19.6 Å². The number of hydrogen-bond acceptors (Lipinski definition) is 3. The Balaban J connectivity index is 1.50. The lowest BCUT2D eigenvalue weighted by Gasteiger charge is -2.27. The van der Waals surface area contributed by atoms with Crippen molar-refractivity contribution in [3.8, 4) is 0 Å². The van der Waals surface area contributed by atoms with E-state index in [-0.39, 0.29) is 6.03 Å². The van der Waals surface area contributed by atoms with Gasteiger partial charge in [-0.15, -0.1) is 0 Å². The Bertz CT molecular complexity index is 733. The van der Waals surface area contributed by atoms with Gasteiger partial charge < -0.3 is 15.4 Å². The van der Waals surface area contributed by atoms with Crippen LogP contribution in [0.15, 0.2) is 48.5 Å². The van der Waals surface area contributed by atoms with Crippen LogP contribution < -0.4 is 10.6 Å². The van der Waals surface area contributed by atoms with Crippen LogP contribution in [0.2, 0.25) is 5.02 Å². The van der Waals surface area contributed by atoms with Crippen LogP contribution in [-0.4, -0.2) is 37.2 Å². The zero-order chi connectivity index (χ0) is 18.2. The molecule has 0 saturated carbocycles. The van der Waals surface area contributed by atoms with Gasteiger partial charge in [0.15, 0.2) is 0 Å². The van der Waals surface area contributed by atoms with E-state index in [0.29, 0.717) is 18.1 Å². The van der Waals surface area contributed by atoms with Crippen molar-refractivity contribution < 1.29 is 9.53 Å². The highest BCUT2D eigenvalue weighted by atomic mass is 35.5. The molecule has 0 bridgehead atoms. The maximum atomic E-state index is 12.1. The van der Waals surface area contributed by atoms with Gasteiger partial charge in [0.25, 0.3) is 0 Å².